The molecule has 3 unspecified atom stereocenters. The Labute approximate surface area is 246 Å². The maximum Gasteiger partial charge on any atom is 0.254 e. The van der Waals surface area contributed by atoms with Gasteiger partial charge >= 0.3 is 0 Å². The average Bonchev–Trinajstić information content (AvgIpc) is 3.43. The summed E-state index contributed by atoms with van der Waals surface area (Å²) in [7, 11) is 3.04. The van der Waals surface area contributed by atoms with Crippen LogP contribution in [0.2, 0.25) is 0 Å². The number of pyridine rings is 1. The summed E-state index contributed by atoms with van der Waals surface area (Å²) in [5.41, 5.74) is 1.39. The topological polar surface area (TPSA) is 130 Å². The van der Waals surface area contributed by atoms with Crippen LogP contribution in [-0.4, -0.2) is 91.4 Å². The van der Waals surface area contributed by atoms with Crippen LogP contribution in [0.5, 0.6) is 11.5 Å². The van der Waals surface area contributed by atoms with Crippen LogP contribution in [0.1, 0.15) is 42.7 Å². The molecule has 2 aromatic rings. The fourth-order valence-corrected chi connectivity index (χ4v) is 5.77. The lowest BCUT2D eigenvalue weighted by Crippen LogP contribution is -2.53. The summed E-state index contributed by atoms with van der Waals surface area (Å²) in [6.07, 6.45) is 3.37. The Balaban J connectivity index is 1.47. The molecule has 2 N–H and O–H groups in total. The quantitative estimate of drug-likeness (QED) is 0.416. The third-order valence-corrected chi connectivity index (χ3v) is 7.88. The average molecular weight is 580 g/mol. The molecule has 2 aliphatic rings. The second-order valence-corrected chi connectivity index (χ2v) is 11.1. The number of methoxy groups -OCH3 is 1. The molecule has 42 heavy (non-hydrogen) atoms. The van der Waals surface area contributed by atoms with Gasteiger partial charge in [-0.3, -0.25) is 24.2 Å². The minimum absolute atomic E-state index is 0.0243. The smallest absolute Gasteiger partial charge is 0.254 e. The molecule has 0 bridgehead atoms. The summed E-state index contributed by atoms with van der Waals surface area (Å²) in [4.78, 5) is 59.8. The van der Waals surface area contributed by atoms with E-state index in [1.165, 1.54) is 14.2 Å². The van der Waals surface area contributed by atoms with Crippen LogP contribution in [-0.2, 0) is 20.8 Å². The molecule has 11 heteroatoms. The zero-order chi connectivity index (χ0) is 30.2. The van der Waals surface area contributed by atoms with Crippen molar-refractivity contribution >= 4 is 23.6 Å². The van der Waals surface area contributed by atoms with E-state index in [1.807, 2.05) is 32.0 Å². The number of ether oxygens (including phenoxy) is 2. The molecule has 3 heterocycles. The van der Waals surface area contributed by atoms with Crippen molar-refractivity contribution in [2.75, 3.05) is 46.9 Å². The number of hydrogen-bond donors (Lipinski definition) is 2. The number of likely N-dealkylation sites (N-methyl/N-ethyl adjacent to an activating group) is 1. The molecule has 2 fully saturated rings. The summed E-state index contributed by atoms with van der Waals surface area (Å²) in [6, 6.07) is 10.8. The molecule has 1 aromatic carbocycles. The summed E-state index contributed by atoms with van der Waals surface area (Å²) in [6.45, 7) is 5.22. The van der Waals surface area contributed by atoms with Gasteiger partial charge < -0.3 is 29.9 Å². The standard InChI is InChI=1S/C31H41N5O6/c1-20(2)42-26-12-11-21(14-27(26)41-4)31(40)36-17-22-16-35(29(38)10-7-9-23-8-5-6-13-33-23)19-25(24(22)18-36)30(39)34-15-28(37)32-3/h5-6,8,11-14,20,22,24-25H,7,9-10,15-19H2,1-4H3,(H,32,37)(H,34,39). The van der Waals surface area contributed by atoms with E-state index in [4.69, 9.17) is 9.47 Å². The van der Waals surface area contributed by atoms with Crippen LogP contribution in [0, 0.1) is 17.8 Å². The molecule has 0 spiro atoms. The summed E-state index contributed by atoms with van der Waals surface area (Å²) < 4.78 is 11.3. The van der Waals surface area contributed by atoms with Crippen LogP contribution in [0.3, 0.4) is 0 Å². The molecule has 0 aliphatic carbocycles. The van der Waals surface area contributed by atoms with Crippen molar-refractivity contribution in [3.05, 3.63) is 53.9 Å². The fraction of sp³-hybridized carbons (Fsp3) is 0.516. The third-order valence-electron chi connectivity index (χ3n) is 7.88. The summed E-state index contributed by atoms with van der Waals surface area (Å²) in [5.74, 6) is -0.497. The Morgan fingerprint density at radius 1 is 1.02 bits per heavy atom. The summed E-state index contributed by atoms with van der Waals surface area (Å²) in [5, 5.41) is 5.22. The Hall–Kier alpha value is -4.15. The van der Waals surface area contributed by atoms with E-state index in [0.29, 0.717) is 56.0 Å². The maximum atomic E-state index is 13.6. The molecule has 2 aliphatic heterocycles. The van der Waals surface area contributed by atoms with Gasteiger partial charge in [0, 0.05) is 57.1 Å². The minimum Gasteiger partial charge on any atom is -0.493 e. The molecule has 3 atom stereocenters. The number of aryl methyl sites for hydroxylation is 1. The number of benzene rings is 1. The van der Waals surface area contributed by atoms with Gasteiger partial charge in [0.1, 0.15) is 0 Å². The number of nitrogens with zero attached hydrogens (tertiary/aromatic N) is 3. The largest absolute Gasteiger partial charge is 0.493 e. The lowest BCUT2D eigenvalue weighted by atomic mass is 9.79. The highest BCUT2D eigenvalue weighted by Gasteiger charge is 2.47. The molecular weight excluding hydrogens is 538 g/mol. The van der Waals surface area contributed by atoms with Gasteiger partial charge in [-0.2, -0.15) is 0 Å². The fourth-order valence-electron chi connectivity index (χ4n) is 5.77. The van der Waals surface area contributed by atoms with Gasteiger partial charge in [-0.1, -0.05) is 6.07 Å². The van der Waals surface area contributed by atoms with Crippen molar-refractivity contribution < 1.29 is 28.7 Å². The van der Waals surface area contributed by atoms with Gasteiger partial charge in [0.15, 0.2) is 11.5 Å². The van der Waals surface area contributed by atoms with Gasteiger partial charge in [-0.25, -0.2) is 0 Å². The van der Waals surface area contributed by atoms with Crippen molar-refractivity contribution in [3.63, 3.8) is 0 Å². The molecule has 2 saturated heterocycles. The van der Waals surface area contributed by atoms with E-state index >= 15 is 0 Å². The molecule has 226 valence electrons. The van der Waals surface area contributed by atoms with E-state index in [2.05, 4.69) is 15.6 Å². The van der Waals surface area contributed by atoms with E-state index in [0.717, 1.165) is 5.69 Å². The van der Waals surface area contributed by atoms with Gasteiger partial charge in [0.25, 0.3) is 5.91 Å². The number of hydrogen-bond acceptors (Lipinski definition) is 7. The second-order valence-electron chi connectivity index (χ2n) is 11.1. The number of nitrogens with one attached hydrogen (secondary N) is 2. The molecule has 0 radical (unpaired) electrons. The lowest BCUT2D eigenvalue weighted by molar-refractivity contribution is -0.139. The number of amides is 4. The molecule has 4 rings (SSSR count). The third kappa shape index (κ3) is 7.57. The monoisotopic (exact) mass is 579 g/mol. The Morgan fingerprint density at radius 2 is 1.81 bits per heavy atom. The van der Waals surface area contributed by atoms with Gasteiger partial charge in [-0.15, -0.1) is 0 Å². The highest BCUT2D eigenvalue weighted by atomic mass is 16.5. The van der Waals surface area contributed by atoms with Gasteiger partial charge in [-0.05, 0) is 68.9 Å². The Bertz CT molecular complexity index is 1270. The van der Waals surface area contributed by atoms with E-state index in [1.54, 1.807) is 34.2 Å². The highest BCUT2D eigenvalue weighted by molar-refractivity contribution is 5.95. The van der Waals surface area contributed by atoms with Gasteiger partial charge in [0.05, 0.1) is 25.7 Å². The number of carbonyl (C=O) groups is 4. The van der Waals surface area contributed by atoms with Crippen LogP contribution in [0.15, 0.2) is 42.6 Å². The number of likely N-dealkylation sites (tertiary alicyclic amines) is 2. The van der Waals surface area contributed by atoms with Gasteiger partial charge in [0.2, 0.25) is 17.7 Å². The Kier molecular flexibility index (Phi) is 10.4. The number of rotatable bonds is 11. The number of fused-ring (bicyclic) bond motifs is 1. The lowest BCUT2D eigenvalue weighted by Gasteiger charge is -2.39. The normalized spacial score (nSPS) is 19.7. The number of piperidine rings is 1. The zero-order valence-electron chi connectivity index (χ0n) is 24.8. The summed E-state index contributed by atoms with van der Waals surface area (Å²) >= 11 is 0. The second kappa shape index (κ2) is 14.2. The van der Waals surface area contributed by atoms with Crippen molar-refractivity contribution in [3.8, 4) is 11.5 Å². The van der Waals surface area contributed by atoms with Crippen molar-refractivity contribution in [1.82, 2.24) is 25.4 Å². The number of aromatic nitrogens is 1. The first-order valence-electron chi connectivity index (χ1n) is 14.5. The molecule has 1 aromatic heterocycles. The minimum atomic E-state index is -0.540. The van der Waals surface area contributed by atoms with Crippen LogP contribution in [0.4, 0.5) is 0 Å². The van der Waals surface area contributed by atoms with Crippen molar-refractivity contribution in [2.24, 2.45) is 17.8 Å². The highest BCUT2D eigenvalue weighted by Crippen LogP contribution is 2.37. The van der Waals surface area contributed by atoms with E-state index in [-0.39, 0.29) is 54.7 Å². The first-order valence-corrected chi connectivity index (χ1v) is 14.5. The van der Waals surface area contributed by atoms with Crippen molar-refractivity contribution in [1.29, 1.82) is 0 Å². The van der Waals surface area contributed by atoms with Crippen molar-refractivity contribution in [2.45, 2.75) is 39.2 Å². The molecular formula is C31H41N5O6. The zero-order valence-corrected chi connectivity index (χ0v) is 24.8. The SMILES string of the molecule is CNC(=O)CNC(=O)C1CN(C(=O)CCCc2ccccn2)CC2CN(C(=O)c3ccc(OC(C)C)c(OC)c3)CC21. The maximum absolute atomic E-state index is 13.6. The first kappa shape index (κ1) is 30.8. The first-order chi connectivity index (χ1) is 20.2. The molecule has 11 nitrogen and oxygen atoms in total. The van der Waals surface area contributed by atoms with E-state index < -0.39 is 5.92 Å². The van der Waals surface area contributed by atoms with Crippen LogP contribution < -0.4 is 20.1 Å². The molecule has 0 saturated carbocycles. The van der Waals surface area contributed by atoms with Crippen LogP contribution >= 0.6 is 0 Å². The van der Waals surface area contributed by atoms with E-state index in [9.17, 15) is 19.2 Å². The van der Waals surface area contributed by atoms with Crippen LogP contribution in [0.25, 0.3) is 0 Å². The predicted molar refractivity (Wildman–Crippen MR) is 156 cm³/mol. The predicted octanol–water partition coefficient (Wildman–Crippen LogP) is 1.91. The Morgan fingerprint density at radius 3 is 2.50 bits per heavy atom. The molecule has 4 amide bonds. The number of carbonyl (C=O) groups excluding carboxylic acids is 4.